The molecule has 8 heteroatoms. The smallest absolute Gasteiger partial charge is 0.295 e. The van der Waals surface area contributed by atoms with E-state index in [4.69, 9.17) is 9.47 Å². The first kappa shape index (κ1) is 26.1. The molecule has 3 rings (SSSR count). The van der Waals surface area contributed by atoms with Gasteiger partial charge in [-0.2, -0.15) is 0 Å². The topological polar surface area (TPSA) is 99.5 Å². The third kappa shape index (κ3) is 5.59. The lowest BCUT2D eigenvalue weighted by Crippen LogP contribution is -2.35. The van der Waals surface area contributed by atoms with E-state index >= 15 is 0 Å². The Kier molecular flexibility index (Phi) is 8.07. The lowest BCUT2D eigenvalue weighted by Gasteiger charge is -2.27. The number of hydrogen-bond donors (Lipinski definition) is 2. The van der Waals surface area contributed by atoms with Gasteiger partial charge in [0.25, 0.3) is 11.7 Å². The molecule has 1 fully saturated rings. The van der Waals surface area contributed by atoms with E-state index in [1.54, 1.807) is 30.3 Å². The number of aliphatic hydroxyl groups excluding tert-OH is 1. The number of hydrogen-bond acceptors (Lipinski definition) is 7. The number of Topliss-reactive ketones (excluding diaryl/α,β-unsaturated/α-hetero) is 1. The molecule has 8 nitrogen and oxygen atoms in total. The Labute approximate surface area is 206 Å². The van der Waals surface area contributed by atoms with Crippen LogP contribution < -0.4 is 9.47 Å². The third-order valence-electron chi connectivity index (χ3n) is 5.88. The fourth-order valence-corrected chi connectivity index (χ4v) is 4.03. The Hall–Kier alpha value is -3.52. The number of ether oxygens (including phenoxy) is 2. The number of aliphatic hydroxyl groups is 1. The van der Waals surface area contributed by atoms with Crippen molar-refractivity contribution < 1.29 is 29.3 Å². The second kappa shape index (κ2) is 10.8. The molecule has 188 valence electrons. The quantitative estimate of drug-likeness (QED) is 0.319. The summed E-state index contributed by atoms with van der Waals surface area (Å²) in [5, 5.41) is 21.4. The molecule has 35 heavy (non-hydrogen) atoms. The fourth-order valence-electron chi connectivity index (χ4n) is 4.03. The third-order valence-corrected chi connectivity index (χ3v) is 5.88. The number of amides is 1. The van der Waals surface area contributed by atoms with Crippen molar-refractivity contribution >= 4 is 17.4 Å². The van der Waals surface area contributed by atoms with Crippen molar-refractivity contribution in [1.82, 2.24) is 9.80 Å². The molecule has 0 bridgehead atoms. The van der Waals surface area contributed by atoms with Gasteiger partial charge in [0.05, 0.1) is 25.3 Å². The molecule has 1 aliphatic rings. The molecule has 0 aliphatic carbocycles. The molecular formula is C27H34N2O6. The SMILES string of the molecule is COc1cc([C@@H]2/C(=C(\O)c3ccc(OCC(C)C)cc3C)C(=O)C(=O)N2CCN(C)C)ccc1O. The maximum Gasteiger partial charge on any atom is 0.295 e. The minimum absolute atomic E-state index is 0.000415. The first-order valence-corrected chi connectivity index (χ1v) is 11.6. The normalized spacial score (nSPS) is 17.5. The number of benzene rings is 2. The highest BCUT2D eigenvalue weighted by molar-refractivity contribution is 6.46. The van der Waals surface area contributed by atoms with Crippen LogP contribution in [0.2, 0.25) is 0 Å². The van der Waals surface area contributed by atoms with Gasteiger partial charge in [0.2, 0.25) is 0 Å². The number of likely N-dealkylation sites (tertiary alicyclic amines) is 1. The van der Waals surface area contributed by atoms with Crippen LogP contribution in [0, 0.1) is 12.8 Å². The molecule has 0 aromatic heterocycles. The summed E-state index contributed by atoms with van der Waals surface area (Å²) in [4.78, 5) is 29.6. The van der Waals surface area contributed by atoms with Crippen LogP contribution in [0.3, 0.4) is 0 Å². The highest BCUT2D eigenvalue weighted by Gasteiger charge is 2.46. The lowest BCUT2D eigenvalue weighted by atomic mass is 9.93. The molecule has 2 aromatic carbocycles. The van der Waals surface area contributed by atoms with Crippen molar-refractivity contribution in [2.75, 3.05) is 40.9 Å². The van der Waals surface area contributed by atoms with Crippen molar-refractivity contribution in [2.24, 2.45) is 5.92 Å². The minimum atomic E-state index is -0.833. The van der Waals surface area contributed by atoms with Gasteiger partial charge in [-0.25, -0.2) is 0 Å². The Balaban J connectivity index is 2.12. The van der Waals surface area contributed by atoms with Crippen molar-refractivity contribution in [3.63, 3.8) is 0 Å². The van der Waals surface area contributed by atoms with E-state index in [-0.39, 0.29) is 29.4 Å². The first-order chi connectivity index (χ1) is 16.5. The highest BCUT2D eigenvalue weighted by atomic mass is 16.5. The molecule has 1 aliphatic heterocycles. The summed E-state index contributed by atoms with van der Waals surface area (Å²) in [6.07, 6.45) is 0. The number of phenolic OH excluding ortho intramolecular Hbond substituents is 1. The zero-order chi connectivity index (χ0) is 25.9. The fraction of sp³-hybridized carbons (Fsp3) is 0.407. The lowest BCUT2D eigenvalue weighted by molar-refractivity contribution is -0.140. The maximum atomic E-state index is 13.2. The average molecular weight is 483 g/mol. The molecule has 1 heterocycles. The number of methoxy groups -OCH3 is 1. The summed E-state index contributed by atoms with van der Waals surface area (Å²) in [7, 11) is 5.18. The predicted octanol–water partition coefficient (Wildman–Crippen LogP) is 3.73. The van der Waals surface area contributed by atoms with Crippen LogP contribution in [0.1, 0.15) is 36.6 Å². The van der Waals surface area contributed by atoms with Gasteiger partial charge < -0.3 is 29.5 Å². The molecule has 1 saturated heterocycles. The number of carbonyl (C=O) groups excluding carboxylic acids is 2. The molecule has 0 spiro atoms. The van der Waals surface area contributed by atoms with Crippen LogP contribution in [0.15, 0.2) is 42.0 Å². The van der Waals surface area contributed by atoms with Crippen LogP contribution in [0.5, 0.6) is 17.2 Å². The Morgan fingerprint density at radius 1 is 1.14 bits per heavy atom. The van der Waals surface area contributed by atoms with E-state index in [1.807, 2.05) is 25.9 Å². The zero-order valence-corrected chi connectivity index (χ0v) is 21.2. The van der Waals surface area contributed by atoms with Gasteiger partial charge in [0.1, 0.15) is 11.5 Å². The van der Waals surface area contributed by atoms with Gasteiger partial charge in [0, 0.05) is 18.7 Å². The van der Waals surface area contributed by atoms with Gasteiger partial charge in [-0.1, -0.05) is 19.9 Å². The summed E-state index contributed by atoms with van der Waals surface area (Å²) in [5.41, 5.74) is 1.71. The van der Waals surface area contributed by atoms with Crippen LogP contribution in [-0.2, 0) is 9.59 Å². The highest BCUT2D eigenvalue weighted by Crippen LogP contribution is 2.42. The molecule has 0 unspecified atom stereocenters. The van der Waals surface area contributed by atoms with Gasteiger partial charge in [-0.3, -0.25) is 9.59 Å². The average Bonchev–Trinajstić information content (AvgIpc) is 3.06. The van der Waals surface area contributed by atoms with Gasteiger partial charge in [-0.15, -0.1) is 0 Å². The van der Waals surface area contributed by atoms with Gasteiger partial charge >= 0.3 is 0 Å². The van der Waals surface area contributed by atoms with Crippen molar-refractivity contribution in [3.05, 3.63) is 58.7 Å². The standard InChI is InChI=1S/C27H34N2O6/c1-16(2)15-35-19-8-9-20(17(3)13-19)25(31)23-24(18-7-10-21(30)22(14-18)34-6)29(12-11-28(4)5)27(33)26(23)32/h7-10,13-14,16,24,30-31H,11-12,15H2,1-6H3/b25-23+/t24-/m1/s1. The molecule has 1 amide bonds. The molecule has 0 saturated carbocycles. The van der Waals surface area contributed by atoms with Gasteiger partial charge in [-0.05, 0) is 68.4 Å². The molecule has 0 radical (unpaired) electrons. The van der Waals surface area contributed by atoms with E-state index in [1.165, 1.54) is 18.1 Å². The number of nitrogens with zero attached hydrogens (tertiary/aromatic N) is 2. The monoisotopic (exact) mass is 482 g/mol. The zero-order valence-electron chi connectivity index (χ0n) is 21.2. The van der Waals surface area contributed by atoms with Crippen LogP contribution in [0.25, 0.3) is 5.76 Å². The second-order valence-corrected chi connectivity index (χ2v) is 9.41. The van der Waals surface area contributed by atoms with Crippen molar-refractivity contribution in [1.29, 1.82) is 0 Å². The molecular weight excluding hydrogens is 448 g/mol. The predicted molar refractivity (Wildman–Crippen MR) is 134 cm³/mol. The second-order valence-electron chi connectivity index (χ2n) is 9.41. The minimum Gasteiger partial charge on any atom is -0.507 e. The summed E-state index contributed by atoms with van der Waals surface area (Å²) < 4.78 is 11.0. The largest absolute Gasteiger partial charge is 0.507 e. The van der Waals surface area contributed by atoms with E-state index in [0.29, 0.717) is 41.5 Å². The summed E-state index contributed by atoms with van der Waals surface area (Å²) in [5.74, 6) is -0.501. The number of aryl methyl sites for hydroxylation is 1. The van der Waals surface area contributed by atoms with Crippen molar-refractivity contribution in [3.8, 4) is 17.2 Å². The molecule has 2 N–H and O–H groups in total. The summed E-state index contributed by atoms with van der Waals surface area (Å²) >= 11 is 0. The van der Waals surface area contributed by atoms with Crippen LogP contribution in [-0.4, -0.2) is 72.6 Å². The number of phenols is 1. The van der Waals surface area contributed by atoms with E-state index in [0.717, 1.165) is 0 Å². The molecule has 2 aromatic rings. The number of carbonyl (C=O) groups is 2. The number of aromatic hydroxyl groups is 1. The van der Waals surface area contributed by atoms with E-state index in [9.17, 15) is 19.8 Å². The van der Waals surface area contributed by atoms with Crippen LogP contribution in [0.4, 0.5) is 0 Å². The number of ketones is 1. The Bertz CT molecular complexity index is 1140. The van der Waals surface area contributed by atoms with Crippen LogP contribution >= 0.6 is 0 Å². The maximum absolute atomic E-state index is 13.2. The van der Waals surface area contributed by atoms with E-state index in [2.05, 4.69) is 13.8 Å². The van der Waals surface area contributed by atoms with Crippen molar-refractivity contribution in [2.45, 2.75) is 26.8 Å². The van der Waals surface area contributed by atoms with E-state index < -0.39 is 17.7 Å². The van der Waals surface area contributed by atoms with Gasteiger partial charge in [0.15, 0.2) is 11.5 Å². The first-order valence-electron chi connectivity index (χ1n) is 11.6. The molecule has 1 atom stereocenters. The number of rotatable bonds is 9. The Morgan fingerprint density at radius 3 is 2.46 bits per heavy atom. The summed E-state index contributed by atoms with van der Waals surface area (Å²) in [6.45, 7) is 7.30. The summed E-state index contributed by atoms with van der Waals surface area (Å²) in [6, 6.07) is 9.07. The number of likely N-dealkylation sites (N-methyl/N-ethyl adjacent to an activating group) is 1. The Morgan fingerprint density at radius 2 is 1.86 bits per heavy atom.